The van der Waals surface area contributed by atoms with Crippen LogP contribution in [0.3, 0.4) is 0 Å². The summed E-state index contributed by atoms with van der Waals surface area (Å²) in [6, 6.07) is 3.00. The molecule has 1 unspecified atom stereocenters. The quantitative estimate of drug-likeness (QED) is 0.802. The topological polar surface area (TPSA) is 40.5 Å². The molecule has 1 aliphatic heterocycles. The smallest absolute Gasteiger partial charge is 0.322 e. The number of carboxylic acids is 1. The Kier molecular flexibility index (Phi) is 3.35. The molecule has 0 aliphatic carbocycles. The fourth-order valence-electron chi connectivity index (χ4n) is 1.61. The summed E-state index contributed by atoms with van der Waals surface area (Å²) < 4.78 is 1.72. The van der Waals surface area contributed by atoms with Crippen LogP contribution >= 0.6 is 35.1 Å². The van der Waals surface area contributed by atoms with Crippen LogP contribution in [-0.4, -0.2) is 28.5 Å². The first-order valence-electron chi connectivity index (χ1n) is 4.60. The predicted octanol–water partition coefficient (Wildman–Crippen LogP) is 2.94. The van der Waals surface area contributed by atoms with Crippen molar-refractivity contribution in [1.82, 2.24) is 4.31 Å². The van der Waals surface area contributed by atoms with Gasteiger partial charge < -0.3 is 5.11 Å². The number of likely N-dealkylation sites (N-methyl/N-ethyl adjacent to an activating group) is 1. The van der Waals surface area contributed by atoms with E-state index in [1.165, 1.54) is 11.9 Å². The number of rotatable bonds is 1. The molecule has 1 aromatic carbocycles. The number of aliphatic carboxylic acids is 1. The first-order valence-corrected chi connectivity index (χ1v) is 6.13. The SMILES string of the molecule is CN1Sc2cc(Cl)c(Cl)cc2CC1C(=O)O. The summed E-state index contributed by atoms with van der Waals surface area (Å²) in [5.41, 5.74) is 0.935. The van der Waals surface area contributed by atoms with E-state index in [1.54, 1.807) is 23.5 Å². The number of halogens is 2. The van der Waals surface area contributed by atoms with Gasteiger partial charge >= 0.3 is 5.97 Å². The monoisotopic (exact) mass is 277 g/mol. The van der Waals surface area contributed by atoms with Crippen LogP contribution in [-0.2, 0) is 11.2 Å². The van der Waals surface area contributed by atoms with E-state index in [-0.39, 0.29) is 0 Å². The zero-order valence-electron chi connectivity index (χ0n) is 8.41. The molecule has 0 spiro atoms. The highest BCUT2D eigenvalue weighted by atomic mass is 35.5. The second kappa shape index (κ2) is 4.45. The molecule has 1 atom stereocenters. The van der Waals surface area contributed by atoms with Crippen LogP contribution < -0.4 is 0 Å². The van der Waals surface area contributed by atoms with Crippen LogP contribution in [0.15, 0.2) is 17.0 Å². The summed E-state index contributed by atoms with van der Waals surface area (Å²) in [6.07, 6.45) is 0.449. The predicted molar refractivity (Wildman–Crippen MR) is 65.2 cm³/mol. The molecule has 1 aliphatic rings. The summed E-state index contributed by atoms with van der Waals surface area (Å²) in [4.78, 5) is 12.0. The number of benzene rings is 1. The molecule has 6 heteroatoms. The van der Waals surface area contributed by atoms with Crippen molar-refractivity contribution in [2.24, 2.45) is 0 Å². The number of carbonyl (C=O) groups is 1. The van der Waals surface area contributed by atoms with Gasteiger partial charge in [-0.2, -0.15) is 0 Å². The third-order valence-corrected chi connectivity index (χ3v) is 4.32. The van der Waals surface area contributed by atoms with Gasteiger partial charge in [-0.05, 0) is 36.7 Å². The van der Waals surface area contributed by atoms with E-state index in [9.17, 15) is 4.79 Å². The van der Waals surface area contributed by atoms with Crippen molar-refractivity contribution < 1.29 is 9.90 Å². The Morgan fingerprint density at radius 3 is 2.75 bits per heavy atom. The lowest BCUT2D eigenvalue weighted by Crippen LogP contribution is -2.38. The number of hydrogen-bond acceptors (Lipinski definition) is 3. The molecule has 16 heavy (non-hydrogen) atoms. The van der Waals surface area contributed by atoms with Crippen molar-refractivity contribution in [3.63, 3.8) is 0 Å². The summed E-state index contributed by atoms with van der Waals surface area (Å²) in [5.74, 6) is -0.827. The highest BCUT2D eigenvalue weighted by Crippen LogP contribution is 2.38. The second-order valence-electron chi connectivity index (χ2n) is 3.57. The lowest BCUT2D eigenvalue weighted by atomic mass is 10.1. The van der Waals surface area contributed by atoms with E-state index in [0.717, 1.165) is 10.5 Å². The van der Waals surface area contributed by atoms with Gasteiger partial charge in [0.05, 0.1) is 10.0 Å². The molecule has 3 nitrogen and oxygen atoms in total. The molecule has 1 aromatic rings. The molecule has 0 amide bonds. The Morgan fingerprint density at radius 2 is 2.12 bits per heavy atom. The number of fused-ring (bicyclic) bond motifs is 1. The number of carboxylic acid groups (broad SMARTS) is 1. The van der Waals surface area contributed by atoms with Crippen LogP contribution in [0.1, 0.15) is 5.56 Å². The minimum Gasteiger partial charge on any atom is -0.480 e. The van der Waals surface area contributed by atoms with E-state index in [2.05, 4.69) is 0 Å². The molecule has 0 saturated heterocycles. The van der Waals surface area contributed by atoms with E-state index in [0.29, 0.717) is 16.5 Å². The lowest BCUT2D eigenvalue weighted by Gasteiger charge is -2.30. The summed E-state index contributed by atoms with van der Waals surface area (Å²) in [6.45, 7) is 0. The summed E-state index contributed by atoms with van der Waals surface area (Å²) in [7, 11) is 1.76. The first-order chi connectivity index (χ1) is 7.49. The molecule has 2 rings (SSSR count). The zero-order chi connectivity index (χ0) is 11.9. The average molecular weight is 278 g/mol. The highest BCUT2D eigenvalue weighted by Gasteiger charge is 2.30. The van der Waals surface area contributed by atoms with Gasteiger partial charge in [0.25, 0.3) is 0 Å². The van der Waals surface area contributed by atoms with Gasteiger partial charge in [0, 0.05) is 11.3 Å². The van der Waals surface area contributed by atoms with Crippen LogP contribution in [0.2, 0.25) is 10.0 Å². The van der Waals surface area contributed by atoms with Gasteiger partial charge in [-0.3, -0.25) is 4.79 Å². The van der Waals surface area contributed by atoms with E-state index in [4.69, 9.17) is 28.3 Å². The summed E-state index contributed by atoms with van der Waals surface area (Å²) in [5, 5.41) is 10.0. The standard InChI is InChI=1S/C10H9Cl2NO2S/c1-13-8(10(14)15)3-5-2-6(11)7(12)4-9(5)16-13/h2,4,8H,3H2,1H3,(H,14,15). The largest absolute Gasteiger partial charge is 0.480 e. The fraction of sp³-hybridized carbons (Fsp3) is 0.300. The van der Waals surface area contributed by atoms with Crippen molar-refractivity contribution in [1.29, 1.82) is 0 Å². The maximum absolute atomic E-state index is 11.0. The van der Waals surface area contributed by atoms with E-state index in [1.807, 2.05) is 0 Å². The second-order valence-corrected chi connectivity index (χ2v) is 5.58. The van der Waals surface area contributed by atoms with Crippen molar-refractivity contribution in [3.05, 3.63) is 27.7 Å². The molecule has 0 radical (unpaired) electrons. The highest BCUT2D eigenvalue weighted by molar-refractivity contribution is 7.97. The maximum atomic E-state index is 11.0. The minimum absolute atomic E-state index is 0.449. The maximum Gasteiger partial charge on any atom is 0.322 e. The fourth-order valence-corrected chi connectivity index (χ4v) is 3.06. The van der Waals surface area contributed by atoms with Crippen molar-refractivity contribution in [2.45, 2.75) is 17.4 Å². The van der Waals surface area contributed by atoms with Crippen LogP contribution in [0.5, 0.6) is 0 Å². The molecular weight excluding hydrogens is 269 g/mol. The van der Waals surface area contributed by atoms with Crippen LogP contribution in [0, 0.1) is 0 Å². The van der Waals surface area contributed by atoms with Gasteiger partial charge in [-0.25, -0.2) is 4.31 Å². The Balaban J connectivity index is 2.39. The third-order valence-electron chi connectivity index (χ3n) is 2.48. The Morgan fingerprint density at radius 1 is 1.50 bits per heavy atom. The van der Waals surface area contributed by atoms with Crippen molar-refractivity contribution >= 4 is 41.1 Å². The molecule has 0 fully saturated rings. The third kappa shape index (κ3) is 2.15. The normalized spacial score (nSPS) is 20.6. The number of nitrogens with zero attached hydrogens (tertiary/aromatic N) is 1. The minimum atomic E-state index is -0.827. The lowest BCUT2D eigenvalue weighted by molar-refractivity contribution is -0.141. The van der Waals surface area contributed by atoms with Gasteiger partial charge in [-0.15, -0.1) is 0 Å². The molecular formula is C10H9Cl2NO2S. The van der Waals surface area contributed by atoms with Crippen LogP contribution in [0.4, 0.5) is 0 Å². The average Bonchev–Trinajstić information content (AvgIpc) is 2.19. The summed E-state index contributed by atoms with van der Waals surface area (Å²) >= 11 is 13.2. The van der Waals surface area contributed by atoms with Crippen molar-refractivity contribution in [2.75, 3.05) is 7.05 Å². The van der Waals surface area contributed by atoms with Gasteiger partial charge in [0.2, 0.25) is 0 Å². The van der Waals surface area contributed by atoms with Crippen LogP contribution in [0.25, 0.3) is 0 Å². The molecule has 1 heterocycles. The Hall–Kier alpha value is -0.420. The Labute approximate surface area is 107 Å². The van der Waals surface area contributed by atoms with Gasteiger partial charge in [0.15, 0.2) is 0 Å². The molecule has 0 aromatic heterocycles. The molecule has 0 saturated carbocycles. The van der Waals surface area contributed by atoms with E-state index >= 15 is 0 Å². The zero-order valence-corrected chi connectivity index (χ0v) is 10.7. The molecule has 86 valence electrons. The number of hydrogen-bond donors (Lipinski definition) is 1. The van der Waals surface area contributed by atoms with Crippen molar-refractivity contribution in [3.8, 4) is 0 Å². The van der Waals surface area contributed by atoms with Gasteiger partial charge in [0.1, 0.15) is 6.04 Å². The Bertz CT molecular complexity index is 453. The van der Waals surface area contributed by atoms with Gasteiger partial charge in [-0.1, -0.05) is 23.2 Å². The molecule has 1 N–H and O–H groups in total. The first kappa shape index (κ1) is 12.0. The molecule has 0 bridgehead atoms. The van der Waals surface area contributed by atoms with E-state index < -0.39 is 12.0 Å².